The van der Waals surface area contributed by atoms with Gasteiger partial charge in [-0.2, -0.15) is 0 Å². The lowest BCUT2D eigenvalue weighted by Gasteiger charge is -2.26. The van der Waals surface area contributed by atoms with Crippen LogP contribution >= 0.6 is 11.8 Å². The van der Waals surface area contributed by atoms with Gasteiger partial charge in [-0.05, 0) is 23.8 Å². The molecule has 28 heavy (non-hydrogen) atoms. The number of aromatic nitrogens is 3. The zero-order chi connectivity index (χ0) is 20.0. The van der Waals surface area contributed by atoms with Gasteiger partial charge >= 0.3 is 0 Å². The van der Waals surface area contributed by atoms with Crippen molar-refractivity contribution in [3.05, 3.63) is 29.8 Å². The van der Waals surface area contributed by atoms with Crippen molar-refractivity contribution in [1.29, 1.82) is 0 Å². The van der Waals surface area contributed by atoms with Gasteiger partial charge in [-0.1, -0.05) is 76.1 Å². The van der Waals surface area contributed by atoms with Crippen LogP contribution in [-0.2, 0) is 10.2 Å². The molecule has 1 fully saturated rings. The van der Waals surface area contributed by atoms with Crippen molar-refractivity contribution in [2.75, 3.05) is 25.6 Å². The fraction of sp³-hybridized carbons (Fsp3) is 0.636. The Balaban J connectivity index is 1.83. The minimum atomic E-state index is 0.0671. The summed E-state index contributed by atoms with van der Waals surface area (Å²) < 4.78 is 7.76. The molecule has 1 aliphatic carbocycles. The Morgan fingerprint density at radius 3 is 2.43 bits per heavy atom. The quantitative estimate of drug-likeness (QED) is 0.504. The van der Waals surface area contributed by atoms with Crippen molar-refractivity contribution >= 4 is 11.8 Å². The molecule has 1 aromatic heterocycles. The maximum absolute atomic E-state index is 8.84. The number of ether oxygens (including phenoxy) is 1. The molecule has 0 atom stereocenters. The SMILES string of the molecule is CC(C)(C)c1ccc(-c2nnc(SCCOCCO)n2C2CCCCC2)cc1. The summed E-state index contributed by atoms with van der Waals surface area (Å²) in [5, 5.41) is 18.9. The zero-order valence-electron chi connectivity index (χ0n) is 17.4. The van der Waals surface area contributed by atoms with Gasteiger partial charge in [0.15, 0.2) is 11.0 Å². The molecule has 1 N–H and O–H groups in total. The highest BCUT2D eigenvalue weighted by Crippen LogP contribution is 2.36. The summed E-state index contributed by atoms with van der Waals surface area (Å²) in [6.45, 7) is 7.78. The largest absolute Gasteiger partial charge is 0.394 e. The third-order valence-corrected chi connectivity index (χ3v) is 6.22. The molecule has 1 aromatic carbocycles. The molecule has 0 amide bonds. The van der Waals surface area contributed by atoms with E-state index < -0.39 is 0 Å². The zero-order valence-corrected chi connectivity index (χ0v) is 18.2. The molecule has 5 nitrogen and oxygen atoms in total. The molecule has 0 saturated heterocycles. The number of rotatable bonds is 8. The number of hydrogen-bond donors (Lipinski definition) is 1. The fourth-order valence-corrected chi connectivity index (χ4v) is 4.58. The number of aliphatic hydroxyl groups is 1. The van der Waals surface area contributed by atoms with Gasteiger partial charge in [0.25, 0.3) is 0 Å². The van der Waals surface area contributed by atoms with Crippen molar-refractivity contribution in [2.24, 2.45) is 0 Å². The molecule has 6 heteroatoms. The first-order valence-electron chi connectivity index (χ1n) is 10.4. The van der Waals surface area contributed by atoms with Gasteiger partial charge in [-0.25, -0.2) is 0 Å². The number of nitrogens with zero attached hydrogens (tertiary/aromatic N) is 3. The van der Waals surface area contributed by atoms with E-state index in [9.17, 15) is 0 Å². The Morgan fingerprint density at radius 1 is 1.07 bits per heavy atom. The van der Waals surface area contributed by atoms with E-state index in [2.05, 4.69) is 59.8 Å². The summed E-state index contributed by atoms with van der Waals surface area (Å²) in [5.41, 5.74) is 2.61. The van der Waals surface area contributed by atoms with Crippen molar-refractivity contribution < 1.29 is 9.84 Å². The molecule has 0 unspecified atom stereocenters. The topological polar surface area (TPSA) is 60.2 Å². The van der Waals surface area contributed by atoms with Gasteiger partial charge in [0.2, 0.25) is 0 Å². The van der Waals surface area contributed by atoms with Gasteiger partial charge < -0.3 is 9.84 Å². The predicted octanol–water partition coefficient (Wildman–Crippen LogP) is 4.85. The molecular formula is C22H33N3O2S. The second-order valence-electron chi connectivity index (χ2n) is 8.48. The molecule has 2 aromatic rings. The molecule has 154 valence electrons. The van der Waals surface area contributed by atoms with E-state index in [-0.39, 0.29) is 12.0 Å². The second kappa shape index (κ2) is 9.90. The Hall–Kier alpha value is -1.37. The molecule has 1 saturated carbocycles. The van der Waals surface area contributed by atoms with E-state index in [1.807, 2.05) is 0 Å². The van der Waals surface area contributed by atoms with Gasteiger partial charge in [0.05, 0.1) is 19.8 Å². The number of hydrogen-bond acceptors (Lipinski definition) is 5. The molecule has 0 bridgehead atoms. The third kappa shape index (κ3) is 5.37. The Bertz CT molecular complexity index is 731. The average molecular weight is 404 g/mol. The number of thioether (sulfide) groups is 1. The number of aliphatic hydroxyl groups excluding tert-OH is 1. The third-order valence-electron chi connectivity index (χ3n) is 5.31. The summed E-state index contributed by atoms with van der Waals surface area (Å²) in [5.74, 6) is 1.79. The first-order chi connectivity index (χ1) is 13.5. The molecule has 1 heterocycles. The van der Waals surface area contributed by atoms with Crippen LogP contribution in [0.15, 0.2) is 29.4 Å². The van der Waals surface area contributed by atoms with Crippen molar-refractivity contribution in [3.8, 4) is 11.4 Å². The summed E-state index contributed by atoms with van der Waals surface area (Å²) >= 11 is 1.70. The number of benzene rings is 1. The van der Waals surface area contributed by atoms with E-state index in [0.717, 1.165) is 22.3 Å². The predicted molar refractivity (Wildman–Crippen MR) is 115 cm³/mol. The van der Waals surface area contributed by atoms with Gasteiger partial charge in [-0.15, -0.1) is 10.2 Å². The minimum Gasteiger partial charge on any atom is -0.394 e. The summed E-state index contributed by atoms with van der Waals surface area (Å²) in [4.78, 5) is 0. The average Bonchev–Trinajstić information content (AvgIpc) is 3.12. The van der Waals surface area contributed by atoms with Crippen molar-refractivity contribution in [1.82, 2.24) is 14.8 Å². The highest BCUT2D eigenvalue weighted by Gasteiger charge is 2.24. The van der Waals surface area contributed by atoms with Gasteiger partial charge in [0.1, 0.15) is 0 Å². The van der Waals surface area contributed by atoms with Crippen LogP contribution < -0.4 is 0 Å². The van der Waals surface area contributed by atoms with Crippen molar-refractivity contribution in [3.63, 3.8) is 0 Å². The molecule has 0 aliphatic heterocycles. The molecule has 3 rings (SSSR count). The standard InChI is InChI=1S/C22H33N3O2S/c1-22(2,3)18-11-9-17(10-12-18)20-23-24-21(28-16-15-27-14-13-26)25(20)19-7-5-4-6-8-19/h9-12,19,26H,4-8,13-16H2,1-3H3. The molecular weight excluding hydrogens is 370 g/mol. The lowest BCUT2D eigenvalue weighted by atomic mass is 9.86. The lowest BCUT2D eigenvalue weighted by molar-refractivity contribution is 0.103. The molecule has 0 spiro atoms. The van der Waals surface area contributed by atoms with E-state index in [4.69, 9.17) is 9.84 Å². The summed E-state index contributed by atoms with van der Waals surface area (Å²) in [6, 6.07) is 9.27. The monoisotopic (exact) mass is 403 g/mol. The molecule has 1 aliphatic rings. The smallest absolute Gasteiger partial charge is 0.191 e. The first kappa shape index (κ1) is 21.3. The van der Waals surface area contributed by atoms with E-state index in [1.165, 1.54) is 37.7 Å². The maximum Gasteiger partial charge on any atom is 0.191 e. The summed E-state index contributed by atoms with van der Waals surface area (Å²) in [7, 11) is 0. The molecule has 0 radical (unpaired) electrons. The normalized spacial score (nSPS) is 15.9. The van der Waals surface area contributed by atoms with E-state index in [0.29, 0.717) is 19.3 Å². The van der Waals surface area contributed by atoms with E-state index in [1.54, 1.807) is 11.8 Å². The van der Waals surface area contributed by atoms with Crippen LogP contribution in [0.5, 0.6) is 0 Å². The highest BCUT2D eigenvalue weighted by molar-refractivity contribution is 7.99. The second-order valence-corrected chi connectivity index (χ2v) is 9.54. The highest BCUT2D eigenvalue weighted by atomic mass is 32.2. The maximum atomic E-state index is 8.84. The summed E-state index contributed by atoms with van der Waals surface area (Å²) in [6.07, 6.45) is 6.26. The van der Waals surface area contributed by atoms with Crippen LogP contribution in [0.2, 0.25) is 0 Å². The van der Waals surface area contributed by atoms with Crippen molar-refractivity contribution in [2.45, 2.75) is 69.5 Å². The van der Waals surface area contributed by atoms with Crippen LogP contribution in [0.25, 0.3) is 11.4 Å². The lowest BCUT2D eigenvalue weighted by Crippen LogP contribution is -2.15. The van der Waals surface area contributed by atoms with Crippen LogP contribution in [0.4, 0.5) is 0 Å². The Morgan fingerprint density at radius 2 is 1.79 bits per heavy atom. The van der Waals surface area contributed by atoms with Crippen LogP contribution in [0.3, 0.4) is 0 Å². The Kier molecular flexibility index (Phi) is 7.55. The fourth-order valence-electron chi connectivity index (χ4n) is 3.72. The van der Waals surface area contributed by atoms with Crippen LogP contribution in [0.1, 0.15) is 64.5 Å². The van der Waals surface area contributed by atoms with Gasteiger partial charge in [0, 0.05) is 17.4 Å². The van der Waals surface area contributed by atoms with Crippen LogP contribution in [0, 0.1) is 0 Å². The van der Waals surface area contributed by atoms with Gasteiger partial charge in [-0.3, -0.25) is 4.57 Å². The van der Waals surface area contributed by atoms with E-state index >= 15 is 0 Å². The Labute approximate surface area is 172 Å². The first-order valence-corrected chi connectivity index (χ1v) is 11.4. The van der Waals surface area contributed by atoms with Crippen LogP contribution in [-0.4, -0.2) is 45.4 Å². The minimum absolute atomic E-state index is 0.0671.